The van der Waals surface area contributed by atoms with E-state index in [0.29, 0.717) is 18.1 Å². The Morgan fingerprint density at radius 1 is 1.81 bits per heavy atom. The number of hydrazone groups is 1. The summed E-state index contributed by atoms with van der Waals surface area (Å²) in [5.74, 6) is 6.07. The van der Waals surface area contributed by atoms with Gasteiger partial charge in [-0.05, 0) is 4.92 Å². The lowest BCUT2D eigenvalue weighted by Crippen LogP contribution is -2.13. The maximum Gasteiger partial charge on any atom is 0.342 e. The molecule has 0 aromatic carbocycles. The summed E-state index contributed by atoms with van der Waals surface area (Å²) in [6.07, 6.45) is 1.24. The third-order valence-electron chi connectivity index (χ3n) is 1.91. The first kappa shape index (κ1) is 12.3. The lowest BCUT2D eigenvalue weighted by atomic mass is 10.6. The van der Waals surface area contributed by atoms with E-state index >= 15 is 0 Å². The van der Waals surface area contributed by atoms with Crippen LogP contribution in [0.3, 0.4) is 0 Å². The highest BCUT2D eigenvalue weighted by atomic mass is 32.2. The fraction of sp³-hybridized carbons (Fsp3) is 0.429. The van der Waals surface area contributed by atoms with Gasteiger partial charge in [0.15, 0.2) is 11.0 Å². The molecule has 8 nitrogen and oxygen atoms in total. The van der Waals surface area contributed by atoms with Crippen LogP contribution in [0.15, 0.2) is 11.3 Å². The van der Waals surface area contributed by atoms with Crippen molar-refractivity contribution in [2.24, 2.45) is 16.7 Å². The van der Waals surface area contributed by atoms with E-state index in [0.717, 1.165) is 0 Å². The predicted octanol–water partition coefficient (Wildman–Crippen LogP) is 0.0213. The Labute approximate surface area is 95.9 Å². The third kappa shape index (κ3) is 2.86. The van der Waals surface area contributed by atoms with E-state index in [1.54, 1.807) is 6.92 Å². The topological polar surface area (TPSA) is 125 Å². The Hall–Kier alpha value is -1.77. The van der Waals surface area contributed by atoms with Gasteiger partial charge in [-0.1, -0.05) is 11.8 Å². The van der Waals surface area contributed by atoms with E-state index in [1.165, 1.54) is 22.5 Å². The van der Waals surface area contributed by atoms with E-state index in [1.807, 2.05) is 0 Å². The van der Waals surface area contributed by atoms with Crippen molar-refractivity contribution >= 4 is 22.7 Å². The fourth-order valence-electron chi connectivity index (χ4n) is 1.16. The minimum absolute atomic E-state index is 0.0265. The number of hydrogen-bond acceptors (Lipinski definition) is 6. The molecule has 0 amide bonds. The van der Waals surface area contributed by atoms with Gasteiger partial charge < -0.3 is 21.7 Å². The van der Waals surface area contributed by atoms with Gasteiger partial charge >= 0.3 is 5.82 Å². The Balaban J connectivity index is 2.66. The molecule has 0 unspecified atom stereocenters. The summed E-state index contributed by atoms with van der Waals surface area (Å²) >= 11 is 1.24. The quantitative estimate of drug-likeness (QED) is 0.253. The van der Waals surface area contributed by atoms with Gasteiger partial charge in [-0.15, -0.1) is 0 Å². The second-order valence-corrected chi connectivity index (χ2v) is 4.00. The van der Waals surface area contributed by atoms with E-state index in [4.69, 9.17) is 11.6 Å². The van der Waals surface area contributed by atoms with Crippen LogP contribution < -0.4 is 11.6 Å². The normalized spacial score (nSPS) is 11.7. The molecule has 0 aliphatic heterocycles. The number of hydrogen-bond donors (Lipinski definition) is 2. The molecule has 0 spiro atoms. The van der Waals surface area contributed by atoms with Crippen LogP contribution in [0.4, 0.5) is 5.82 Å². The molecule has 0 aliphatic carbocycles. The molecule has 0 saturated carbocycles. The van der Waals surface area contributed by atoms with Gasteiger partial charge in [-0.3, -0.25) is 0 Å². The van der Waals surface area contributed by atoms with E-state index in [2.05, 4.69) is 10.1 Å². The van der Waals surface area contributed by atoms with Crippen LogP contribution in [-0.4, -0.2) is 25.4 Å². The minimum atomic E-state index is -0.467. The highest BCUT2D eigenvalue weighted by Crippen LogP contribution is 2.14. The van der Waals surface area contributed by atoms with E-state index in [-0.39, 0.29) is 11.0 Å². The van der Waals surface area contributed by atoms with E-state index < -0.39 is 4.92 Å². The molecular formula is C7H12N6O2S. The standard InChI is InChI=1S/C7H12N6O2S/c1-5-10-4-6(13(14)15)12(5)2-3-16-7(8)11-9/h4H,2-3,9H2,1H3,(H2,8,11). The van der Waals surface area contributed by atoms with Crippen molar-refractivity contribution in [3.63, 3.8) is 0 Å². The average Bonchev–Trinajstić information content (AvgIpc) is 2.60. The molecule has 88 valence electrons. The van der Waals surface area contributed by atoms with E-state index in [9.17, 15) is 10.1 Å². The Morgan fingerprint density at radius 2 is 2.50 bits per heavy atom. The van der Waals surface area contributed by atoms with Gasteiger partial charge in [0.2, 0.25) is 0 Å². The van der Waals surface area contributed by atoms with Gasteiger partial charge in [0.05, 0.1) is 0 Å². The van der Waals surface area contributed by atoms with Crippen LogP contribution in [0.2, 0.25) is 0 Å². The van der Waals surface area contributed by atoms with Crippen LogP contribution in [0.5, 0.6) is 0 Å². The largest absolute Gasteiger partial charge is 0.377 e. The number of imidazole rings is 1. The van der Waals surface area contributed by atoms with Crippen LogP contribution >= 0.6 is 11.8 Å². The molecule has 16 heavy (non-hydrogen) atoms. The molecule has 0 atom stereocenters. The number of aryl methyl sites for hydroxylation is 1. The molecule has 0 bridgehead atoms. The van der Waals surface area contributed by atoms with Crippen LogP contribution in [0.25, 0.3) is 0 Å². The smallest absolute Gasteiger partial charge is 0.342 e. The van der Waals surface area contributed by atoms with Crippen molar-refractivity contribution in [1.29, 1.82) is 0 Å². The number of nitro groups is 1. The summed E-state index contributed by atoms with van der Waals surface area (Å²) < 4.78 is 1.51. The second-order valence-electron chi connectivity index (χ2n) is 2.89. The number of amidine groups is 1. The molecule has 1 aromatic heterocycles. The Bertz CT molecular complexity index is 415. The maximum atomic E-state index is 10.7. The van der Waals surface area contributed by atoms with Crippen LogP contribution in [0.1, 0.15) is 5.82 Å². The molecule has 9 heteroatoms. The number of thioether (sulfide) groups is 1. The van der Waals surface area contributed by atoms with Gasteiger partial charge in [0.25, 0.3) is 0 Å². The zero-order valence-corrected chi connectivity index (χ0v) is 9.48. The average molecular weight is 244 g/mol. The first-order valence-electron chi connectivity index (χ1n) is 4.39. The molecule has 1 heterocycles. The lowest BCUT2D eigenvalue weighted by molar-refractivity contribution is -0.392. The molecule has 4 N–H and O–H groups in total. The van der Waals surface area contributed by atoms with Gasteiger partial charge in [-0.2, -0.15) is 5.10 Å². The van der Waals surface area contributed by atoms with Crippen LogP contribution in [-0.2, 0) is 6.54 Å². The highest BCUT2D eigenvalue weighted by molar-refractivity contribution is 8.13. The first-order valence-corrected chi connectivity index (χ1v) is 5.37. The zero-order chi connectivity index (χ0) is 12.1. The molecular weight excluding hydrogens is 232 g/mol. The summed E-state index contributed by atoms with van der Waals surface area (Å²) in [6.45, 7) is 2.14. The summed E-state index contributed by atoms with van der Waals surface area (Å²) in [5.41, 5.74) is 5.38. The van der Waals surface area contributed by atoms with Crippen molar-refractivity contribution in [1.82, 2.24) is 9.55 Å². The Morgan fingerprint density at radius 3 is 3.06 bits per heavy atom. The van der Waals surface area contributed by atoms with Crippen molar-refractivity contribution in [3.8, 4) is 0 Å². The second kappa shape index (κ2) is 5.35. The first-order chi connectivity index (χ1) is 7.56. The monoisotopic (exact) mass is 244 g/mol. The molecule has 0 radical (unpaired) electrons. The van der Waals surface area contributed by atoms with Crippen molar-refractivity contribution in [3.05, 3.63) is 22.1 Å². The van der Waals surface area contributed by atoms with Crippen molar-refractivity contribution < 1.29 is 4.92 Å². The lowest BCUT2D eigenvalue weighted by Gasteiger charge is -2.02. The SMILES string of the molecule is Cc1ncc([N+](=O)[O-])n1CCSC(N)=NN. The molecule has 0 fully saturated rings. The van der Waals surface area contributed by atoms with Crippen molar-refractivity contribution in [2.45, 2.75) is 13.5 Å². The predicted molar refractivity (Wildman–Crippen MR) is 61.9 cm³/mol. The molecule has 1 rings (SSSR count). The number of nitrogens with two attached hydrogens (primary N) is 2. The zero-order valence-electron chi connectivity index (χ0n) is 8.66. The number of rotatable bonds is 4. The molecule has 0 aliphatic rings. The van der Waals surface area contributed by atoms with Gasteiger partial charge in [-0.25, -0.2) is 9.55 Å². The molecule has 1 aromatic rings. The summed E-state index contributed by atoms with van der Waals surface area (Å²) in [7, 11) is 0. The van der Waals surface area contributed by atoms with Gasteiger partial charge in [0, 0.05) is 12.7 Å². The molecule has 0 saturated heterocycles. The summed E-state index contributed by atoms with van der Waals surface area (Å²) in [6, 6.07) is 0. The summed E-state index contributed by atoms with van der Waals surface area (Å²) in [5, 5.41) is 14.2. The maximum absolute atomic E-state index is 10.7. The Kier molecular flexibility index (Phi) is 4.11. The summed E-state index contributed by atoms with van der Waals surface area (Å²) in [4.78, 5) is 14.1. The number of nitrogens with zero attached hydrogens (tertiary/aromatic N) is 4. The number of aromatic nitrogens is 2. The van der Waals surface area contributed by atoms with Gasteiger partial charge in [0.1, 0.15) is 12.7 Å². The third-order valence-corrected chi connectivity index (χ3v) is 2.70. The minimum Gasteiger partial charge on any atom is -0.377 e. The fourth-order valence-corrected chi connectivity index (χ4v) is 1.71. The highest BCUT2D eigenvalue weighted by Gasteiger charge is 2.16. The van der Waals surface area contributed by atoms with Crippen LogP contribution in [0, 0.1) is 17.0 Å². The van der Waals surface area contributed by atoms with Crippen molar-refractivity contribution in [2.75, 3.05) is 5.75 Å².